The lowest BCUT2D eigenvalue weighted by Crippen LogP contribution is -2.49. The SMILES string of the molecule is COc1cccc2c1OCC(NCC1(c3ccccc3)CCOCC1)C2. The number of para-hydroxylation sites is 1. The first-order chi connectivity index (χ1) is 12.8. The fourth-order valence-electron chi connectivity index (χ4n) is 4.15. The Morgan fingerprint density at radius 1 is 1.08 bits per heavy atom. The standard InChI is InChI=1S/C22H27NO3/c1-24-20-9-5-6-17-14-19(15-26-21(17)20)23-16-22(10-12-25-13-11-22)18-7-3-2-4-8-18/h2-9,19,23H,10-16H2,1H3. The van der Waals surface area contributed by atoms with Crippen LogP contribution in [0.5, 0.6) is 11.5 Å². The Morgan fingerprint density at radius 3 is 2.65 bits per heavy atom. The molecule has 2 aliphatic rings. The Kier molecular flexibility index (Phi) is 5.14. The average molecular weight is 353 g/mol. The Labute approximate surface area is 155 Å². The lowest BCUT2D eigenvalue weighted by atomic mass is 9.74. The zero-order chi connectivity index (χ0) is 17.8. The van der Waals surface area contributed by atoms with Gasteiger partial charge in [-0.15, -0.1) is 0 Å². The van der Waals surface area contributed by atoms with Crippen LogP contribution in [0.3, 0.4) is 0 Å². The lowest BCUT2D eigenvalue weighted by molar-refractivity contribution is 0.0478. The maximum absolute atomic E-state index is 6.02. The van der Waals surface area contributed by atoms with Crippen LogP contribution in [0.2, 0.25) is 0 Å². The Balaban J connectivity index is 1.47. The number of ether oxygens (including phenoxy) is 3. The maximum atomic E-state index is 6.02. The van der Waals surface area contributed by atoms with Crippen LogP contribution in [0.25, 0.3) is 0 Å². The molecule has 26 heavy (non-hydrogen) atoms. The largest absolute Gasteiger partial charge is 0.493 e. The first kappa shape index (κ1) is 17.4. The third-order valence-electron chi connectivity index (χ3n) is 5.74. The van der Waals surface area contributed by atoms with E-state index in [0.717, 1.165) is 50.5 Å². The molecule has 4 heteroatoms. The molecule has 4 rings (SSSR count). The smallest absolute Gasteiger partial charge is 0.164 e. The molecule has 4 nitrogen and oxygen atoms in total. The van der Waals surface area contributed by atoms with Crippen LogP contribution >= 0.6 is 0 Å². The molecule has 138 valence electrons. The molecule has 2 aromatic carbocycles. The molecule has 0 amide bonds. The first-order valence-electron chi connectivity index (χ1n) is 9.46. The van der Waals surface area contributed by atoms with E-state index in [0.29, 0.717) is 12.6 Å². The summed E-state index contributed by atoms with van der Waals surface area (Å²) in [4.78, 5) is 0. The van der Waals surface area contributed by atoms with E-state index >= 15 is 0 Å². The summed E-state index contributed by atoms with van der Waals surface area (Å²) in [5, 5.41) is 3.79. The second-order valence-electron chi connectivity index (χ2n) is 7.30. The van der Waals surface area contributed by atoms with E-state index in [1.54, 1.807) is 7.11 Å². The molecule has 2 heterocycles. The first-order valence-corrected chi connectivity index (χ1v) is 9.46. The monoisotopic (exact) mass is 353 g/mol. The summed E-state index contributed by atoms with van der Waals surface area (Å²) in [6, 6.07) is 17.3. The highest BCUT2D eigenvalue weighted by atomic mass is 16.5. The summed E-state index contributed by atoms with van der Waals surface area (Å²) in [5.41, 5.74) is 2.78. The normalized spacial score (nSPS) is 21.5. The van der Waals surface area contributed by atoms with Crippen LogP contribution < -0.4 is 14.8 Å². The summed E-state index contributed by atoms with van der Waals surface area (Å²) < 4.78 is 17.1. The second-order valence-corrected chi connectivity index (χ2v) is 7.30. The average Bonchev–Trinajstić information content (AvgIpc) is 2.73. The van der Waals surface area contributed by atoms with Crippen LogP contribution in [0.1, 0.15) is 24.0 Å². The van der Waals surface area contributed by atoms with E-state index in [9.17, 15) is 0 Å². The third kappa shape index (κ3) is 3.44. The summed E-state index contributed by atoms with van der Waals surface area (Å²) in [5.74, 6) is 1.73. The molecule has 0 aliphatic carbocycles. The molecule has 1 atom stereocenters. The number of fused-ring (bicyclic) bond motifs is 1. The lowest BCUT2D eigenvalue weighted by Gasteiger charge is -2.39. The Bertz CT molecular complexity index is 725. The van der Waals surface area contributed by atoms with Gasteiger partial charge >= 0.3 is 0 Å². The number of hydrogen-bond donors (Lipinski definition) is 1. The minimum Gasteiger partial charge on any atom is -0.493 e. The molecule has 1 unspecified atom stereocenters. The van der Waals surface area contributed by atoms with Gasteiger partial charge in [-0.05, 0) is 36.5 Å². The van der Waals surface area contributed by atoms with Gasteiger partial charge in [-0.1, -0.05) is 42.5 Å². The van der Waals surface area contributed by atoms with Gasteiger partial charge in [0, 0.05) is 31.2 Å². The molecule has 0 aromatic heterocycles. The zero-order valence-electron chi connectivity index (χ0n) is 15.4. The van der Waals surface area contributed by atoms with E-state index in [2.05, 4.69) is 41.7 Å². The van der Waals surface area contributed by atoms with Crippen LogP contribution in [-0.2, 0) is 16.6 Å². The van der Waals surface area contributed by atoms with Crippen molar-refractivity contribution in [1.29, 1.82) is 0 Å². The number of nitrogens with one attached hydrogen (secondary N) is 1. The molecule has 2 aliphatic heterocycles. The molecule has 1 saturated heterocycles. The highest BCUT2D eigenvalue weighted by Gasteiger charge is 2.35. The van der Waals surface area contributed by atoms with E-state index in [4.69, 9.17) is 14.2 Å². The van der Waals surface area contributed by atoms with Gasteiger partial charge in [0.05, 0.1) is 7.11 Å². The fraction of sp³-hybridized carbons (Fsp3) is 0.455. The van der Waals surface area contributed by atoms with Crippen molar-refractivity contribution in [2.45, 2.75) is 30.7 Å². The molecule has 1 fully saturated rings. The molecule has 1 N–H and O–H groups in total. The maximum Gasteiger partial charge on any atom is 0.164 e. The van der Waals surface area contributed by atoms with Gasteiger partial charge in [0.25, 0.3) is 0 Å². The Morgan fingerprint density at radius 2 is 1.88 bits per heavy atom. The molecule has 0 radical (unpaired) electrons. The molecule has 0 saturated carbocycles. The molecule has 0 spiro atoms. The van der Waals surface area contributed by atoms with Crippen molar-refractivity contribution in [3.8, 4) is 11.5 Å². The number of hydrogen-bond acceptors (Lipinski definition) is 4. The number of benzene rings is 2. The van der Waals surface area contributed by atoms with Crippen molar-refractivity contribution in [1.82, 2.24) is 5.32 Å². The predicted octanol–water partition coefficient (Wildman–Crippen LogP) is 3.34. The van der Waals surface area contributed by atoms with Gasteiger partial charge in [-0.25, -0.2) is 0 Å². The van der Waals surface area contributed by atoms with Crippen molar-refractivity contribution >= 4 is 0 Å². The summed E-state index contributed by atoms with van der Waals surface area (Å²) in [6.45, 7) is 3.29. The van der Waals surface area contributed by atoms with Gasteiger partial charge < -0.3 is 19.5 Å². The van der Waals surface area contributed by atoms with Gasteiger partial charge in [-0.3, -0.25) is 0 Å². The van der Waals surface area contributed by atoms with Crippen molar-refractivity contribution in [3.63, 3.8) is 0 Å². The van der Waals surface area contributed by atoms with Crippen LogP contribution in [-0.4, -0.2) is 39.5 Å². The van der Waals surface area contributed by atoms with E-state index in [1.807, 2.05) is 12.1 Å². The van der Waals surface area contributed by atoms with Crippen LogP contribution in [0.4, 0.5) is 0 Å². The minimum absolute atomic E-state index is 0.147. The van der Waals surface area contributed by atoms with E-state index in [1.165, 1.54) is 11.1 Å². The van der Waals surface area contributed by atoms with Crippen LogP contribution in [0.15, 0.2) is 48.5 Å². The predicted molar refractivity (Wildman–Crippen MR) is 102 cm³/mol. The topological polar surface area (TPSA) is 39.7 Å². The van der Waals surface area contributed by atoms with Crippen LogP contribution in [0, 0.1) is 0 Å². The van der Waals surface area contributed by atoms with Crippen molar-refractivity contribution in [2.24, 2.45) is 0 Å². The minimum atomic E-state index is 0.147. The highest BCUT2D eigenvalue weighted by molar-refractivity contribution is 5.48. The summed E-state index contributed by atoms with van der Waals surface area (Å²) >= 11 is 0. The van der Waals surface area contributed by atoms with Gasteiger partial charge in [0.1, 0.15) is 6.61 Å². The van der Waals surface area contributed by atoms with E-state index < -0.39 is 0 Å². The second kappa shape index (κ2) is 7.68. The number of methoxy groups -OCH3 is 1. The third-order valence-corrected chi connectivity index (χ3v) is 5.74. The summed E-state index contributed by atoms with van der Waals surface area (Å²) in [6.07, 6.45) is 3.08. The van der Waals surface area contributed by atoms with Gasteiger partial charge in [0.15, 0.2) is 11.5 Å². The zero-order valence-corrected chi connectivity index (χ0v) is 15.4. The molecular weight excluding hydrogens is 326 g/mol. The van der Waals surface area contributed by atoms with Crippen molar-refractivity contribution in [3.05, 3.63) is 59.7 Å². The highest BCUT2D eigenvalue weighted by Crippen LogP contribution is 2.36. The Hall–Kier alpha value is -2.04. The van der Waals surface area contributed by atoms with Crippen molar-refractivity contribution < 1.29 is 14.2 Å². The van der Waals surface area contributed by atoms with Gasteiger partial charge in [0.2, 0.25) is 0 Å². The van der Waals surface area contributed by atoms with E-state index in [-0.39, 0.29) is 5.41 Å². The molecular formula is C22H27NO3. The fourth-order valence-corrected chi connectivity index (χ4v) is 4.15. The van der Waals surface area contributed by atoms with Gasteiger partial charge in [-0.2, -0.15) is 0 Å². The summed E-state index contributed by atoms with van der Waals surface area (Å²) in [7, 11) is 1.69. The number of rotatable bonds is 5. The van der Waals surface area contributed by atoms with Crippen molar-refractivity contribution in [2.75, 3.05) is 33.5 Å². The molecule has 2 aromatic rings. The molecule has 0 bridgehead atoms. The quantitative estimate of drug-likeness (QED) is 0.895.